The monoisotopic (exact) mass is 320 g/mol. The Labute approximate surface area is 141 Å². The Balaban J connectivity index is 1.55. The average molecular weight is 320 g/mol. The van der Waals surface area contributed by atoms with E-state index in [4.69, 9.17) is 4.74 Å². The highest BCUT2D eigenvalue weighted by Gasteiger charge is 2.29. The van der Waals surface area contributed by atoms with E-state index < -0.39 is 0 Å². The van der Waals surface area contributed by atoms with Crippen molar-refractivity contribution in [2.75, 3.05) is 18.1 Å². The number of benzene rings is 2. The number of aryl methyl sites for hydroxylation is 1. The molecule has 2 aromatic carbocycles. The van der Waals surface area contributed by atoms with Gasteiger partial charge in [0.05, 0.1) is 19.3 Å². The highest BCUT2D eigenvalue weighted by molar-refractivity contribution is 5.48. The lowest BCUT2D eigenvalue weighted by atomic mass is 10.1. The molecule has 0 N–H and O–H groups in total. The van der Waals surface area contributed by atoms with Crippen molar-refractivity contribution in [2.24, 2.45) is 0 Å². The second-order valence-electron chi connectivity index (χ2n) is 6.02. The number of nitrogens with zero attached hydrogens (tertiary/aromatic N) is 4. The second kappa shape index (κ2) is 6.45. The first-order valence-corrected chi connectivity index (χ1v) is 8.19. The van der Waals surface area contributed by atoms with Crippen molar-refractivity contribution in [3.8, 4) is 0 Å². The number of anilines is 1. The molecule has 5 nitrogen and oxygen atoms in total. The summed E-state index contributed by atoms with van der Waals surface area (Å²) in [4.78, 5) is 2.22. The summed E-state index contributed by atoms with van der Waals surface area (Å²) in [5, 5.41) is 8.63. The molecule has 5 heteroatoms. The first-order valence-electron chi connectivity index (χ1n) is 8.19. The predicted molar refractivity (Wildman–Crippen MR) is 92.8 cm³/mol. The summed E-state index contributed by atoms with van der Waals surface area (Å²) < 4.78 is 7.78. The molecule has 1 saturated heterocycles. The predicted octanol–water partition coefficient (Wildman–Crippen LogP) is 3.17. The highest BCUT2D eigenvalue weighted by atomic mass is 16.5. The zero-order chi connectivity index (χ0) is 16.4. The fraction of sp³-hybridized carbons (Fsp3) is 0.263. The molecule has 2 heterocycles. The largest absolute Gasteiger partial charge is 0.350 e. The van der Waals surface area contributed by atoms with E-state index in [1.54, 1.807) is 0 Å². The molecule has 1 aliphatic heterocycles. The Kier molecular flexibility index (Phi) is 4.01. The highest BCUT2D eigenvalue weighted by Crippen LogP contribution is 2.30. The maximum atomic E-state index is 5.90. The van der Waals surface area contributed by atoms with Gasteiger partial charge in [-0.15, -0.1) is 5.10 Å². The van der Waals surface area contributed by atoms with E-state index in [9.17, 15) is 0 Å². The van der Waals surface area contributed by atoms with Crippen molar-refractivity contribution in [3.63, 3.8) is 0 Å². The molecule has 0 amide bonds. The van der Waals surface area contributed by atoms with E-state index in [2.05, 4.69) is 58.5 Å². The minimum atomic E-state index is -0.168. The lowest BCUT2D eigenvalue weighted by Gasteiger charge is -2.23. The summed E-state index contributed by atoms with van der Waals surface area (Å²) >= 11 is 0. The van der Waals surface area contributed by atoms with Crippen LogP contribution in [-0.2, 0) is 11.3 Å². The van der Waals surface area contributed by atoms with E-state index in [0.29, 0.717) is 6.61 Å². The number of para-hydroxylation sites is 1. The van der Waals surface area contributed by atoms with Gasteiger partial charge in [0, 0.05) is 12.2 Å². The molecule has 3 aromatic rings. The molecule has 24 heavy (non-hydrogen) atoms. The van der Waals surface area contributed by atoms with Gasteiger partial charge in [-0.1, -0.05) is 47.7 Å². The standard InChI is InChI=1S/C19H20N4O/c1-15-7-5-6-8-16(15)13-22-14-18(20-21-22)19-23(11-12-24-19)17-9-3-2-4-10-17/h2-10,14,19H,11-13H2,1H3. The van der Waals surface area contributed by atoms with Crippen molar-refractivity contribution in [2.45, 2.75) is 19.7 Å². The molecule has 1 aliphatic rings. The van der Waals surface area contributed by atoms with Crippen LogP contribution in [0.15, 0.2) is 60.8 Å². The minimum absolute atomic E-state index is 0.168. The van der Waals surface area contributed by atoms with Crippen LogP contribution in [-0.4, -0.2) is 28.1 Å². The van der Waals surface area contributed by atoms with Crippen molar-refractivity contribution in [3.05, 3.63) is 77.6 Å². The van der Waals surface area contributed by atoms with Gasteiger partial charge in [-0.05, 0) is 30.2 Å². The molecule has 1 atom stereocenters. The van der Waals surface area contributed by atoms with Crippen molar-refractivity contribution >= 4 is 5.69 Å². The third-order valence-electron chi connectivity index (χ3n) is 4.38. The van der Waals surface area contributed by atoms with Crippen LogP contribution in [0.25, 0.3) is 0 Å². The summed E-state index contributed by atoms with van der Waals surface area (Å²) in [7, 11) is 0. The molecular formula is C19H20N4O. The molecule has 122 valence electrons. The van der Waals surface area contributed by atoms with E-state index >= 15 is 0 Å². The lowest BCUT2D eigenvalue weighted by molar-refractivity contribution is 0.110. The number of rotatable bonds is 4. The van der Waals surface area contributed by atoms with E-state index in [1.165, 1.54) is 11.1 Å². The van der Waals surface area contributed by atoms with Crippen molar-refractivity contribution in [1.29, 1.82) is 0 Å². The SMILES string of the molecule is Cc1ccccc1Cn1cc(C2OCCN2c2ccccc2)nn1. The normalized spacial score (nSPS) is 17.4. The topological polar surface area (TPSA) is 43.2 Å². The van der Waals surface area contributed by atoms with Gasteiger partial charge in [0.25, 0.3) is 0 Å². The number of ether oxygens (including phenoxy) is 1. The third-order valence-corrected chi connectivity index (χ3v) is 4.38. The fourth-order valence-electron chi connectivity index (χ4n) is 3.06. The van der Waals surface area contributed by atoms with Gasteiger partial charge < -0.3 is 9.64 Å². The molecule has 1 fully saturated rings. The van der Waals surface area contributed by atoms with Crippen LogP contribution in [0, 0.1) is 6.92 Å². The average Bonchev–Trinajstić information content (AvgIpc) is 3.27. The quantitative estimate of drug-likeness (QED) is 0.740. The first kappa shape index (κ1) is 14.9. The molecule has 0 saturated carbocycles. The summed E-state index contributed by atoms with van der Waals surface area (Å²) in [6, 6.07) is 18.6. The van der Waals surface area contributed by atoms with E-state index in [0.717, 1.165) is 24.5 Å². The van der Waals surface area contributed by atoms with Gasteiger partial charge in [0.1, 0.15) is 5.69 Å². The fourth-order valence-corrected chi connectivity index (χ4v) is 3.06. The maximum Gasteiger partial charge on any atom is 0.177 e. The zero-order valence-electron chi connectivity index (χ0n) is 13.7. The van der Waals surface area contributed by atoms with Gasteiger partial charge in [-0.25, -0.2) is 4.68 Å². The minimum Gasteiger partial charge on any atom is -0.350 e. The summed E-state index contributed by atoms with van der Waals surface area (Å²) in [6.07, 6.45) is 1.82. The maximum absolute atomic E-state index is 5.90. The van der Waals surface area contributed by atoms with Crippen LogP contribution in [0.3, 0.4) is 0 Å². The molecule has 4 rings (SSSR count). The summed E-state index contributed by atoms with van der Waals surface area (Å²) in [5.41, 5.74) is 4.51. The second-order valence-corrected chi connectivity index (χ2v) is 6.02. The van der Waals surface area contributed by atoms with E-state index in [-0.39, 0.29) is 6.23 Å². The van der Waals surface area contributed by atoms with Crippen LogP contribution >= 0.6 is 0 Å². The Hall–Kier alpha value is -2.66. The molecule has 1 aromatic heterocycles. The van der Waals surface area contributed by atoms with Gasteiger partial charge in [-0.2, -0.15) is 0 Å². The number of aromatic nitrogens is 3. The zero-order valence-corrected chi connectivity index (χ0v) is 13.7. The van der Waals surface area contributed by atoms with Crippen molar-refractivity contribution < 1.29 is 4.74 Å². The van der Waals surface area contributed by atoms with Crippen LogP contribution < -0.4 is 4.90 Å². The Morgan fingerprint density at radius 3 is 2.71 bits per heavy atom. The molecule has 1 unspecified atom stereocenters. The van der Waals surface area contributed by atoms with Crippen LogP contribution in [0.1, 0.15) is 23.0 Å². The number of hydrogen-bond donors (Lipinski definition) is 0. The Morgan fingerprint density at radius 1 is 1.08 bits per heavy atom. The molecular weight excluding hydrogens is 300 g/mol. The molecule has 0 bridgehead atoms. The first-order chi connectivity index (χ1) is 11.8. The van der Waals surface area contributed by atoms with Gasteiger partial charge in [-0.3, -0.25) is 0 Å². The molecule has 0 radical (unpaired) electrons. The smallest absolute Gasteiger partial charge is 0.177 e. The van der Waals surface area contributed by atoms with Crippen LogP contribution in [0.4, 0.5) is 5.69 Å². The van der Waals surface area contributed by atoms with Crippen LogP contribution in [0.5, 0.6) is 0 Å². The summed E-state index contributed by atoms with van der Waals surface area (Å²) in [6.45, 7) is 4.39. The number of hydrogen-bond acceptors (Lipinski definition) is 4. The summed E-state index contributed by atoms with van der Waals surface area (Å²) in [5.74, 6) is 0. The van der Waals surface area contributed by atoms with Crippen molar-refractivity contribution in [1.82, 2.24) is 15.0 Å². The van der Waals surface area contributed by atoms with Gasteiger partial charge in [0.2, 0.25) is 0 Å². The van der Waals surface area contributed by atoms with Gasteiger partial charge in [0.15, 0.2) is 6.23 Å². The molecule has 0 aliphatic carbocycles. The van der Waals surface area contributed by atoms with E-state index in [1.807, 2.05) is 29.1 Å². The van der Waals surface area contributed by atoms with Gasteiger partial charge >= 0.3 is 0 Å². The Bertz CT molecular complexity index is 815. The third kappa shape index (κ3) is 2.90. The van der Waals surface area contributed by atoms with Crippen LogP contribution in [0.2, 0.25) is 0 Å². The lowest BCUT2D eigenvalue weighted by Crippen LogP contribution is -2.23. The molecule has 0 spiro atoms. The Morgan fingerprint density at radius 2 is 1.88 bits per heavy atom.